The second-order valence-electron chi connectivity index (χ2n) is 8.28. The van der Waals surface area contributed by atoms with E-state index in [0.29, 0.717) is 11.6 Å². The molecule has 1 aromatic carbocycles. The third kappa shape index (κ3) is 4.59. The van der Waals surface area contributed by atoms with E-state index in [4.69, 9.17) is 4.98 Å². The smallest absolute Gasteiger partial charge is 0.257 e. The maximum atomic E-state index is 13.0. The summed E-state index contributed by atoms with van der Waals surface area (Å²) in [4.78, 5) is 26.8. The van der Waals surface area contributed by atoms with Crippen LogP contribution in [0.15, 0.2) is 54.7 Å². The van der Waals surface area contributed by atoms with Crippen LogP contribution < -0.4 is 10.2 Å². The average Bonchev–Trinajstić information content (AvgIpc) is 2.77. The van der Waals surface area contributed by atoms with Crippen molar-refractivity contribution in [3.63, 3.8) is 0 Å². The van der Waals surface area contributed by atoms with Gasteiger partial charge in [0.05, 0.1) is 17.0 Å². The van der Waals surface area contributed by atoms with Crippen molar-refractivity contribution in [1.29, 1.82) is 0 Å². The van der Waals surface area contributed by atoms with E-state index in [2.05, 4.69) is 34.1 Å². The van der Waals surface area contributed by atoms with E-state index in [1.807, 2.05) is 62.4 Å². The SMILES string of the molecule is Cc1ccc(NC(=O)c2ccc(N3CCN(C)[C@H](C)C3)nc2C)cc1-c1ccccn1. The topological polar surface area (TPSA) is 61.4 Å². The van der Waals surface area contributed by atoms with E-state index < -0.39 is 0 Å². The molecule has 0 saturated carbocycles. The first-order valence-electron chi connectivity index (χ1n) is 10.7. The lowest BCUT2D eigenvalue weighted by molar-refractivity contribution is 0.102. The van der Waals surface area contributed by atoms with Gasteiger partial charge in [-0.05, 0) is 69.8 Å². The molecule has 31 heavy (non-hydrogen) atoms. The predicted molar refractivity (Wildman–Crippen MR) is 126 cm³/mol. The number of nitrogens with zero attached hydrogens (tertiary/aromatic N) is 4. The monoisotopic (exact) mass is 415 g/mol. The number of carbonyl (C=O) groups is 1. The summed E-state index contributed by atoms with van der Waals surface area (Å²) < 4.78 is 0. The number of anilines is 2. The van der Waals surface area contributed by atoms with Gasteiger partial charge >= 0.3 is 0 Å². The molecule has 6 nitrogen and oxygen atoms in total. The number of pyridine rings is 2. The van der Waals surface area contributed by atoms with Crippen LogP contribution in [0, 0.1) is 13.8 Å². The van der Waals surface area contributed by atoms with Crippen LogP contribution in [0.1, 0.15) is 28.5 Å². The van der Waals surface area contributed by atoms with Crippen molar-refractivity contribution >= 4 is 17.4 Å². The Hall–Kier alpha value is -3.25. The molecule has 6 heteroatoms. The van der Waals surface area contributed by atoms with Gasteiger partial charge in [-0.15, -0.1) is 0 Å². The van der Waals surface area contributed by atoms with E-state index in [-0.39, 0.29) is 5.91 Å². The number of likely N-dealkylation sites (N-methyl/N-ethyl adjacent to an activating group) is 1. The zero-order chi connectivity index (χ0) is 22.0. The second kappa shape index (κ2) is 8.86. The van der Waals surface area contributed by atoms with E-state index in [9.17, 15) is 4.79 Å². The molecule has 3 aromatic rings. The predicted octanol–water partition coefficient (Wildman–Crippen LogP) is 4.15. The van der Waals surface area contributed by atoms with E-state index >= 15 is 0 Å². The summed E-state index contributed by atoms with van der Waals surface area (Å²) in [5.74, 6) is 0.779. The highest BCUT2D eigenvalue weighted by Gasteiger charge is 2.22. The van der Waals surface area contributed by atoms with Crippen LogP contribution in [0.25, 0.3) is 11.3 Å². The number of piperazine rings is 1. The van der Waals surface area contributed by atoms with E-state index in [1.54, 1.807) is 6.20 Å². The Morgan fingerprint density at radius 2 is 1.94 bits per heavy atom. The van der Waals surface area contributed by atoms with Gasteiger partial charge in [0.15, 0.2) is 0 Å². The van der Waals surface area contributed by atoms with Crippen LogP contribution in [0.5, 0.6) is 0 Å². The van der Waals surface area contributed by atoms with Crippen molar-refractivity contribution in [3.8, 4) is 11.3 Å². The first-order chi connectivity index (χ1) is 14.9. The summed E-state index contributed by atoms with van der Waals surface area (Å²) in [6, 6.07) is 16.0. The molecule has 0 radical (unpaired) electrons. The van der Waals surface area contributed by atoms with Crippen molar-refractivity contribution in [3.05, 3.63) is 71.5 Å². The molecule has 3 heterocycles. The molecular weight excluding hydrogens is 386 g/mol. The van der Waals surface area contributed by atoms with Gasteiger partial charge in [0.25, 0.3) is 5.91 Å². The van der Waals surface area contributed by atoms with Gasteiger partial charge in [-0.25, -0.2) is 4.98 Å². The number of aromatic nitrogens is 2. The zero-order valence-electron chi connectivity index (χ0n) is 18.6. The Morgan fingerprint density at radius 3 is 2.65 bits per heavy atom. The number of nitrogens with one attached hydrogen (secondary N) is 1. The molecule has 0 spiro atoms. The third-order valence-corrected chi connectivity index (χ3v) is 6.04. The minimum absolute atomic E-state index is 0.154. The molecule has 1 aliphatic rings. The van der Waals surface area contributed by atoms with Crippen LogP contribution in [-0.2, 0) is 0 Å². The van der Waals surface area contributed by atoms with Gasteiger partial charge in [-0.1, -0.05) is 12.1 Å². The minimum Gasteiger partial charge on any atom is -0.354 e. The molecule has 1 aliphatic heterocycles. The summed E-state index contributed by atoms with van der Waals surface area (Å²) in [6.07, 6.45) is 1.78. The Morgan fingerprint density at radius 1 is 1.10 bits per heavy atom. The first kappa shape index (κ1) is 21.0. The summed E-state index contributed by atoms with van der Waals surface area (Å²) in [5, 5.41) is 3.02. The van der Waals surface area contributed by atoms with Crippen molar-refractivity contribution in [2.24, 2.45) is 0 Å². The molecule has 1 fully saturated rings. The Balaban J connectivity index is 1.52. The standard InChI is InChI=1S/C25H29N5O/c1-17-8-9-20(15-22(17)23-7-5-6-12-26-23)28-25(31)21-10-11-24(27-19(21)3)30-14-13-29(4)18(2)16-30/h5-12,15,18H,13-14,16H2,1-4H3,(H,28,31)/t18-/m1/s1. The van der Waals surface area contributed by atoms with Gasteiger partial charge in [0, 0.05) is 43.1 Å². The van der Waals surface area contributed by atoms with E-state index in [1.165, 1.54) is 0 Å². The quantitative estimate of drug-likeness (QED) is 0.694. The summed E-state index contributed by atoms with van der Waals surface area (Å²) in [6.45, 7) is 9.05. The van der Waals surface area contributed by atoms with Crippen LogP contribution in [0.2, 0.25) is 0 Å². The van der Waals surface area contributed by atoms with E-state index in [0.717, 1.165) is 53.7 Å². The molecule has 0 unspecified atom stereocenters. The van der Waals surface area contributed by atoms with Crippen molar-refractivity contribution in [2.45, 2.75) is 26.8 Å². The van der Waals surface area contributed by atoms with Crippen molar-refractivity contribution < 1.29 is 4.79 Å². The van der Waals surface area contributed by atoms with Crippen molar-refractivity contribution in [2.75, 3.05) is 36.9 Å². The van der Waals surface area contributed by atoms with Gasteiger partial charge in [-0.3, -0.25) is 9.78 Å². The van der Waals surface area contributed by atoms with Crippen molar-refractivity contribution in [1.82, 2.24) is 14.9 Å². The zero-order valence-corrected chi connectivity index (χ0v) is 18.6. The lowest BCUT2D eigenvalue weighted by Gasteiger charge is -2.38. The fraction of sp³-hybridized carbons (Fsp3) is 0.320. The molecule has 1 atom stereocenters. The Bertz CT molecular complexity index is 1080. The molecule has 4 rings (SSSR count). The fourth-order valence-electron chi connectivity index (χ4n) is 3.92. The number of benzene rings is 1. The Labute approximate surface area is 183 Å². The number of aryl methyl sites for hydroxylation is 2. The van der Waals surface area contributed by atoms with Gasteiger partial charge in [-0.2, -0.15) is 0 Å². The molecule has 1 amide bonds. The number of hydrogen-bond donors (Lipinski definition) is 1. The lowest BCUT2D eigenvalue weighted by atomic mass is 10.0. The number of carbonyl (C=O) groups excluding carboxylic acids is 1. The molecule has 2 aromatic heterocycles. The molecule has 0 aliphatic carbocycles. The Kier molecular flexibility index (Phi) is 6.00. The summed E-state index contributed by atoms with van der Waals surface area (Å²) in [5.41, 5.74) is 5.07. The third-order valence-electron chi connectivity index (χ3n) is 6.04. The maximum Gasteiger partial charge on any atom is 0.257 e. The summed E-state index contributed by atoms with van der Waals surface area (Å²) in [7, 11) is 2.15. The molecule has 0 bridgehead atoms. The first-order valence-corrected chi connectivity index (χ1v) is 10.7. The average molecular weight is 416 g/mol. The molecule has 1 N–H and O–H groups in total. The fourth-order valence-corrected chi connectivity index (χ4v) is 3.92. The van der Waals surface area contributed by atoms with Gasteiger partial charge in [0.2, 0.25) is 0 Å². The largest absolute Gasteiger partial charge is 0.354 e. The molecule has 160 valence electrons. The van der Waals surface area contributed by atoms with Crippen LogP contribution >= 0.6 is 0 Å². The highest BCUT2D eigenvalue weighted by atomic mass is 16.1. The molecule has 1 saturated heterocycles. The van der Waals surface area contributed by atoms with Gasteiger partial charge in [0.1, 0.15) is 5.82 Å². The second-order valence-corrected chi connectivity index (χ2v) is 8.28. The highest BCUT2D eigenvalue weighted by Crippen LogP contribution is 2.26. The summed E-state index contributed by atoms with van der Waals surface area (Å²) >= 11 is 0. The highest BCUT2D eigenvalue weighted by molar-refractivity contribution is 6.05. The van der Waals surface area contributed by atoms with Crippen LogP contribution in [0.4, 0.5) is 11.5 Å². The number of hydrogen-bond acceptors (Lipinski definition) is 5. The van der Waals surface area contributed by atoms with Crippen LogP contribution in [0.3, 0.4) is 0 Å². The van der Waals surface area contributed by atoms with Crippen LogP contribution in [-0.4, -0.2) is 53.5 Å². The lowest BCUT2D eigenvalue weighted by Crippen LogP contribution is -2.50. The maximum absolute atomic E-state index is 13.0. The normalized spacial score (nSPS) is 16.9. The minimum atomic E-state index is -0.154. The number of amides is 1. The van der Waals surface area contributed by atoms with Gasteiger partial charge < -0.3 is 15.1 Å². The molecular formula is C25H29N5O. The number of rotatable bonds is 4.